The normalized spacial score (nSPS) is 16.6. The zero-order chi connectivity index (χ0) is 24.7. The number of hydrogen-bond acceptors (Lipinski definition) is 9. The SMILES string of the molecule is Cc1nc(/C(N)=C(\C(O)/C(N)=C/N(N)Cc2ccccc2)N(C)N)ccc1OC1CCCCC1. The van der Waals surface area contributed by atoms with E-state index in [2.05, 4.69) is 4.98 Å². The van der Waals surface area contributed by atoms with Crippen LogP contribution < -0.4 is 27.9 Å². The number of nitrogens with two attached hydrogens (primary N) is 4. The number of aliphatic hydroxyl groups is 1. The molecule has 1 aromatic heterocycles. The fourth-order valence-electron chi connectivity index (χ4n) is 4.11. The summed E-state index contributed by atoms with van der Waals surface area (Å²) in [4.78, 5) is 4.60. The lowest BCUT2D eigenvalue weighted by Crippen LogP contribution is -2.38. The van der Waals surface area contributed by atoms with Crippen molar-refractivity contribution in [3.63, 3.8) is 0 Å². The van der Waals surface area contributed by atoms with Crippen LogP contribution in [-0.2, 0) is 6.54 Å². The van der Waals surface area contributed by atoms with E-state index >= 15 is 0 Å². The minimum absolute atomic E-state index is 0.0997. The highest BCUT2D eigenvalue weighted by molar-refractivity contribution is 5.64. The largest absolute Gasteiger partial charge is 0.489 e. The molecule has 1 aliphatic carbocycles. The molecule has 1 heterocycles. The van der Waals surface area contributed by atoms with Crippen molar-refractivity contribution in [3.8, 4) is 5.75 Å². The Morgan fingerprint density at radius 3 is 2.41 bits per heavy atom. The third-order valence-electron chi connectivity index (χ3n) is 5.91. The van der Waals surface area contributed by atoms with Crippen molar-refractivity contribution in [1.29, 1.82) is 0 Å². The highest BCUT2D eigenvalue weighted by atomic mass is 16.5. The first kappa shape index (κ1) is 25.4. The lowest BCUT2D eigenvalue weighted by Gasteiger charge is -2.26. The molecule has 0 bridgehead atoms. The number of likely N-dealkylation sites (N-methyl/N-ethyl adjacent to an activating group) is 1. The van der Waals surface area contributed by atoms with Crippen LogP contribution in [0.25, 0.3) is 5.70 Å². The molecule has 2 aromatic rings. The number of hydrogen-bond donors (Lipinski definition) is 5. The lowest BCUT2D eigenvalue weighted by atomic mass is 9.98. The van der Waals surface area contributed by atoms with Gasteiger partial charge >= 0.3 is 0 Å². The Balaban J connectivity index is 1.79. The fraction of sp³-hybridized carbons (Fsp3) is 0.400. The molecule has 1 unspecified atom stereocenters. The van der Waals surface area contributed by atoms with E-state index in [4.69, 9.17) is 27.9 Å². The quantitative estimate of drug-likeness (QED) is 0.275. The molecule has 1 aliphatic rings. The summed E-state index contributed by atoms with van der Waals surface area (Å²) in [5, 5.41) is 13.6. The standard InChI is InChI=1S/C25H37N7O2/c1-17-22(34-19-11-7-4-8-12-19)14-13-21(30-17)23(27)24(31(2)28)25(33)20(26)16-32(29)15-18-9-5-3-6-10-18/h3,5-6,9-10,13-14,16,19,25,33H,4,7-8,11-12,15,26-29H2,1-2H3/b20-16-,24-23-. The van der Waals surface area contributed by atoms with Crippen LogP contribution in [0, 0.1) is 6.92 Å². The van der Waals surface area contributed by atoms with Crippen LogP contribution in [0.4, 0.5) is 0 Å². The van der Waals surface area contributed by atoms with Crippen molar-refractivity contribution < 1.29 is 9.84 Å². The van der Waals surface area contributed by atoms with E-state index < -0.39 is 6.10 Å². The Morgan fingerprint density at radius 2 is 1.79 bits per heavy atom. The third kappa shape index (κ3) is 6.63. The van der Waals surface area contributed by atoms with Crippen LogP contribution in [0.1, 0.15) is 49.1 Å². The fourth-order valence-corrected chi connectivity index (χ4v) is 4.11. The zero-order valence-electron chi connectivity index (χ0n) is 20.0. The van der Waals surface area contributed by atoms with E-state index in [1.807, 2.05) is 43.3 Å². The summed E-state index contributed by atoms with van der Waals surface area (Å²) < 4.78 is 6.15. The monoisotopic (exact) mass is 467 g/mol. The van der Waals surface area contributed by atoms with E-state index in [0.717, 1.165) is 29.8 Å². The van der Waals surface area contributed by atoms with Crippen LogP contribution in [-0.4, -0.2) is 39.4 Å². The maximum Gasteiger partial charge on any atom is 0.140 e. The van der Waals surface area contributed by atoms with Gasteiger partial charge in [-0.05, 0) is 50.3 Å². The predicted octanol–water partition coefficient (Wildman–Crippen LogP) is 2.07. The van der Waals surface area contributed by atoms with E-state index in [0.29, 0.717) is 12.2 Å². The van der Waals surface area contributed by atoms with Gasteiger partial charge in [-0.2, -0.15) is 0 Å². The Kier molecular flexibility index (Phi) is 8.75. The number of rotatable bonds is 9. The van der Waals surface area contributed by atoms with Crippen molar-refractivity contribution in [2.75, 3.05) is 7.05 Å². The molecular weight excluding hydrogens is 430 g/mol. The van der Waals surface area contributed by atoms with Gasteiger partial charge in [0.05, 0.1) is 41.1 Å². The van der Waals surface area contributed by atoms with E-state index in [-0.39, 0.29) is 23.2 Å². The number of aryl methyl sites for hydroxylation is 1. The number of pyridine rings is 1. The molecule has 0 saturated heterocycles. The molecule has 1 atom stereocenters. The summed E-state index contributed by atoms with van der Waals surface area (Å²) in [5.41, 5.74) is 15.3. The van der Waals surface area contributed by atoms with Gasteiger partial charge in [0.25, 0.3) is 0 Å². The molecule has 1 saturated carbocycles. The molecule has 0 radical (unpaired) electrons. The van der Waals surface area contributed by atoms with Crippen molar-refractivity contribution in [3.05, 3.63) is 77.0 Å². The van der Waals surface area contributed by atoms with Gasteiger partial charge < -0.3 is 31.3 Å². The molecule has 0 amide bonds. The highest BCUT2D eigenvalue weighted by Gasteiger charge is 2.23. The van der Waals surface area contributed by atoms with Crippen molar-refractivity contribution in [2.24, 2.45) is 23.2 Å². The first-order valence-corrected chi connectivity index (χ1v) is 11.6. The summed E-state index contributed by atoms with van der Waals surface area (Å²) >= 11 is 0. The predicted molar refractivity (Wildman–Crippen MR) is 134 cm³/mol. The highest BCUT2D eigenvalue weighted by Crippen LogP contribution is 2.27. The molecule has 34 heavy (non-hydrogen) atoms. The molecule has 0 spiro atoms. The second-order valence-electron chi connectivity index (χ2n) is 8.76. The topological polar surface area (TPSA) is 153 Å². The molecule has 9 nitrogen and oxygen atoms in total. The van der Waals surface area contributed by atoms with Crippen molar-refractivity contribution in [2.45, 2.75) is 57.8 Å². The van der Waals surface area contributed by atoms with Gasteiger partial charge in [0.1, 0.15) is 11.9 Å². The molecule has 1 aromatic carbocycles. The van der Waals surface area contributed by atoms with E-state index in [1.165, 1.54) is 35.5 Å². The van der Waals surface area contributed by atoms with Crippen LogP contribution in [0.3, 0.4) is 0 Å². The molecule has 3 rings (SSSR count). The van der Waals surface area contributed by atoms with Gasteiger partial charge in [0.15, 0.2) is 0 Å². The van der Waals surface area contributed by atoms with Crippen LogP contribution in [0.2, 0.25) is 0 Å². The number of ether oxygens (including phenoxy) is 1. The van der Waals surface area contributed by atoms with Gasteiger partial charge in [-0.25, -0.2) is 16.7 Å². The molecule has 9 heteroatoms. The van der Waals surface area contributed by atoms with Gasteiger partial charge in [0, 0.05) is 13.2 Å². The Bertz CT molecular complexity index is 1000. The van der Waals surface area contributed by atoms with Gasteiger partial charge in [-0.15, -0.1) is 0 Å². The minimum Gasteiger partial charge on any atom is -0.489 e. The number of hydrazine groups is 2. The second-order valence-corrected chi connectivity index (χ2v) is 8.76. The first-order chi connectivity index (χ1) is 16.3. The molecule has 0 aliphatic heterocycles. The lowest BCUT2D eigenvalue weighted by molar-refractivity contribution is 0.153. The smallest absolute Gasteiger partial charge is 0.140 e. The summed E-state index contributed by atoms with van der Waals surface area (Å²) in [5.74, 6) is 12.8. The molecule has 184 valence electrons. The Labute approximate surface area is 201 Å². The summed E-state index contributed by atoms with van der Waals surface area (Å²) in [6.07, 6.45) is 6.18. The van der Waals surface area contributed by atoms with Crippen LogP contribution in [0.5, 0.6) is 5.75 Å². The van der Waals surface area contributed by atoms with Gasteiger partial charge in [0.2, 0.25) is 0 Å². The maximum absolute atomic E-state index is 10.9. The average molecular weight is 468 g/mol. The van der Waals surface area contributed by atoms with E-state index in [9.17, 15) is 5.11 Å². The Hall–Kier alpha value is -3.27. The third-order valence-corrected chi connectivity index (χ3v) is 5.91. The van der Waals surface area contributed by atoms with Crippen molar-refractivity contribution >= 4 is 5.70 Å². The molecule has 9 N–H and O–H groups in total. The van der Waals surface area contributed by atoms with Crippen LogP contribution >= 0.6 is 0 Å². The van der Waals surface area contributed by atoms with E-state index in [1.54, 1.807) is 13.1 Å². The van der Waals surface area contributed by atoms with Gasteiger partial charge in [-0.1, -0.05) is 36.8 Å². The average Bonchev–Trinajstić information content (AvgIpc) is 2.81. The number of aliphatic hydroxyl groups excluding tert-OH is 1. The summed E-state index contributed by atoms with van der Waals surface area (Å²) in [6.45, 7) is 2.30. The Morgan fingerprint density at radius 1 is 1.12 bits per heavy atom. The molecule has 1 fully saturated rings. The minimum atomic E-state index is -1.28. The maximum atomic E-state index is 10.9. The summed E-state index contributed by atoms with van der Waals surface area (Å²) in [6, 6.07) is 13.3. The number of aromatic nitrogens is 1. The zero-order valence-corrected chi connectivity index (χ0v) is 20.0. The molecular formula is C25H37N7O2. The number of nitrogens with zero attached hydrogens (tertiary/aromatic N) is 3. The first-order valence-electron chi connectivity index (χ1n) is 11.6. The van der Waals surface area contributed by atoms with Crippen molar-refractivity contribution in [1.82, 2.24) is 15.0 Å². The number of benzene rings is 1. The summed E-state index contributed by atoms with van der Waals surface area (Å²) in [7, 11) is 1.58. The second kappa shape index (κ2) is 11.7. The van der Waals surface area contributed by atoms with Crippen LogP contribution in [0.15, 0.2) is 60.1 Å². The van der Waals surface area contributed by atoms with Gasteiger partial charge in [-0.3, -0.25) is 0 Å².